The van der Waals surface area contributed by atoms with E-state index in [1.807, 2.05) is 48.5 Å². The number of carbonyl (C=O) groups excluding carboxylic acids is 2. The van der Waals surface area contributed by atoms with Crippen molar-refractivity contribution in [3.05, 3.63) is 83.3 Å². The van der Waals surface area contributed by atoms with Gasteiger partial charge in [0.05, 0.1) is 5.41 Å². The lowest BCUT2D eigenvalue weighted by molar-refractivity contribution is -0.120. The Balaban J connectivity index is 1.31. The fourth-order valence-corrected chi connectivity index (χ4v) is 4.36. The molecule has 0 fully saturated rings. The fourth-order valence-electron chi connectivity index (χ4n) is 4.36. The van der Waals surface area contributed by atoms with E-state index in [2.05, 4.69) is 20.6 Å². The molecule has 0 bridgehead atoms. The van der Waals surface area contributed by atoms with Crippen LogP contribution >= 0.6 is 0 Å². The first-order chi connectivity index (χ1) is 14.1. The van der Waals surface area contributed by atoms with Crippen molar-refractivity contribution < 1.29 is 9.59 Å². The van der Waals surface area contributed by atoms with Crippen molar-refractivity contribution in [2.75, 3.05) is 10.6 Å². The second-order valence-corrected chi connectivity index (χ2v) is 7.69. The van der Waals surface area contributed by atoms with Crippen molar-refractivity contribution in [3.63, 3.8) is 0 Å². The third-order valence-corrected chi connectivity index (χ3v) is 5.85. The largest absolute Gasteiger partial charge is 0.326 e. The van der Waals surface area contributed by atoms with Crippen LogP contribution in [0.15, 0.2) is 61.1 Å². The van der Waals surface area contributed by atoms with Crippen LogP contribution in [0.3, 0.4) is 0 Å². The molecule has 1 aliphatic carbocycles. The molecule has 2 amide bonds. The normalized spacial score (nSPS) is 19.0. The Bertz CT molecular complexity index is 1110. The van der Waals surface area contributed by atoms with Gasteiger partial charge in [0.2, 0.25) is 11.8 Å². The zero-order chi connectivity index (χ0) is 19.8. The summed E-state index contributed by atoms with van der Waals surface area (Å²) in [6.45, 7) is 0. The third kappa shape index (κ3) is 3.06. The number of nitrogens with one attached hydrogen (secondary N) is 2. The molecule has 3 aromatic rings. The minimum atomic E-state index is -0.644. The molecule has 1 aliphatic heterocycles. The van der Waals surface area contributed by atoms with Crippen molar-refractivity contribution in [2.45, 2.75) is 31.1 Å². The molecule has 1 aromatic heterocycles. The van der Waals surface area contributed by atoms with Crippen LogP contribution in [0.1, 0.15) is 28.7 Å². The highest BCUT2D eigenvalue weighted by molar-refractivity contribution is 6.06. The molecule has 5 rings (SSSR count). The number of fused-ring (bicyclic) bond motifs is 3. The predicted molar refractivity (Wildman–Crippen MR) is 110 cm³/mol. The molecule has 1 unspecified atom stereocenters. The Morgan fingerprint density at radius 1 is 1.10 bits per heavy atom. The van der Waals surface area contributed by atoms with E-state index < -0.39 is 5.41 Å². The van der Waals surface area contributed by atoms with Crippen molar-refractivity contribution in [3.8, 4) is 0 Å². The summed E-state index contributed by atoms with van der Waals surface area (Å²) in [5.41, 5.74) is 4.33. The zero-order valence-corrected chi connectivity index (χ0v) is 15.8. The topological polar surface area (TPSA) is 84.0 Å². The smallest absolute Gasteiger partial charge is 0.237 e. The van der Waals surface area contributed by atoms with Gasteiger partial charge >= 0.3 is 0 Å². The van der Waals surface area contributed by atoms with Gasteiger partial charge in [-0.3, -0.25) is 9.59 Å². The van der Waals surface area contributed by atoms with E-state index in [1.54, 1.807) is 6.20 Å². The van der Waals surface area contributed by atoms with E-state index in [-0.39, 0.29) is 11.8 Å². The Labute approximate surface area is 168 Å². The van der Waals surface area contributed by atoms with E-state index in [1.165, 1.54) is 6.33 Å². The minimum Gasteiger partial charge on any atom is -0.326 e. The molecule has 1 atom stereocenters. The summed E-state index contributed by atoms with van der Waals surface area (Å²) in [5.74, 6) is 0.559. The number of hydrogen-bond donors (Lipinski definition) is 2. The van der Waals surface area contributed by atoms with Crippen LogP contribution in [0, 0.1) is 0 Å². The molecular formula is C23H20N4O2. The van der Waals surface area contributed by atoms with E-state index in [0.29, 0.717) is 31.5 Å². The summed E-state index contributed by atoms with van der Waals surface area (Å²) < 4.78 is 0. The van der Waals surface area contributed by atoms with Crippen LogP contribution in [0.5, 0.6) is 0 Å². The quantitative estimate of drug-likeness (QED) is 0.724. The number of rotatable bonds is 4. The first-order valence-corrected chi connectivity index (χ1v) is 9.72. The monoisotopic (exact) mass is 384 g/mol. The zero-order valence-electron chi connectivity index (χ0n) is 15.8. The number of amides is 2. The summed E-state index contributed by atoms with van der Waals surface area (Å²) in [6, 6.07) is 15.9. The first-order valence-electron chi connectivity index (χ1n) is 9.72. The minimum absolute atomic E-state index is 0.0149. The van der Waals surface area contributed by atoms with Gasteiger partial charge in [0, 0.05) is 23.9 Å². The Morgan fingerprint density at radius 3 is 2.79 bits per heavy atom. The maximum absolute atomic E-state index is 12.8. The lowest BCUT2D eigenvalue weighted by atomic mass is 9.80. The van der Waals surface area contributed by atoms with Gasteiger partial charge in [0.15, 0.2) is 0 Å². The number of carbonyl (C=O) groups is 2. The van der Waals surface area contributed by atoms with Crippen LogP contribution in [-0.4, -0.2) is 21.8 Å². The van der Waals surface area contributed by atoms with E-state index >= 15 is 0 Å². The molecule has 0 saturated carbocycles. The molecule has 2 N–H and O–H groups in total. The molecule has 2 heterocycles. The maximum Gasteiger partial charge on any atom is 0.237 e. The van der Waals surface area contributed by atoms with Gasteiger partial charge in [-0.2, -0.15) is 0 Å². The number of aromatic nitrogens is 2. The summed E-state index contributed by atoms with van der Waals surface area (Å²) in [7, 11) is 0. The van der Waals surface area contributed by atoms with Gasteiger partial charge < -0.3 is 10.6 Å². The molecule has 1 spiro atoms. The number of benzene rings is 2. The molecule has 144 valence electrons. The average molecular weight is 384 g/mol. The fraction of sp³-hybridized carbons (Fsp3) is 0.217. The van der Waals surface area contributed by atoms with Crippen LogP contribution in [-0.2, 0) is 34.3 Å². The van der Waals surface area contributed by atoms with E-state index in [0.717, 1.165) is 27.9 Å². The molecule has 0 saturated heterocycles. The second kappa shape index (κ2) is 6.81. The van der Waals surface area contributed by atoms with Gasteiger partial charge in [-0.1, -0.05) is 36.4 Å². The molecule has 6 heteroatoms. The van der Waals surface area contributed by atoms with Gasteiger partial charge in [-0.25, -0.2) is 9.97 Å². The van der Waals surface area contributed by atoms with Crippen molar-refractivity contribution in [1.29, 1.82) is 0 Å². The lowest BCUT2D eigenvalue weighted by Gasteiger charge is -2.19. The average Bonchev–Trinajstić information content (AvgIpc) is 3.25. The number of hydrogen-bond acceptors (Lipinski definition) is 4. The number of anilines is 2. The van der Waals surface area contributed by atoms with Crippen LogP contribution in [0.4, 0.5) is 11.5 Å². The Hall–Kier alpha value is -3.54. The maximum atomic E-state index is 12.8. The molecule has 2 aliphatic rings. The molecule has 6 nitrogen and oxygen atoms in total. The molecular weight excluding hydrogens is 364 g/mol. The van der Waals surface area contributed by atoms with Crippen LogP contribution in [0.2, 0.25) is 0 Å². The van der Waals surface area contributed by atoms with E-state index in [4.69, 9.17) is 0 Å². The van der Waals surface area contributed by atoms with Gasteiger partial charge in [0.1, 0.15) is 12.1 Å². The summed E-state index contributed by atoms with van der Waals surface area (Å²) in [5, 5.41) is 5.87. The van der Waals surface area contributed by atoms with Crippen molar-refractivity contribution in [2.24, 2.45) is 0 Å². The van der Waals surface area contributed by atoms with Gasteiger partial charge in [0.25, 0.3) is 0 Å². The summed E-state index contributed by atoms with van der Waals surface area (Å²) in [6.07, 6.45) is 5.52. The van der Waals surface area contributed by atoms with Crippen molar-refractivity contribution >= 4 is 23.3 Å². The SMILES string of the molecule is O=C(CCc1ccccc1)Nc1ccc2c(c1)CC1(C2)C(=O)Nc2ncncc21. The molecule has 29 heavy (non-hydrogen) atoms. The number of nitrogens with zero attached hydrogens (tertiary/aromatic N) is 2. The lowest BCUT2D eigenvalue weighted by Crippen LogP contribution is -2.35. The molecule has 0 radical (unpaired) electrons. The van der Waals surface area contributed by atoms with Crippen LogP contribution < -0.4 is 10.6 Å². The Kier molecular flexibility index (Phi) is 4.12. The predicted octanol–water partition coefficient (Wildman–Crippen LogP) is 3.04. The summed E-state index contributed by atoms with van der Waals surface area (Å²) >= 11 is 0. The summed E-state index contributed by atoms with van der Waals surface area (Å²) in [4.78, 5) is 33.4. The molecule has 2 aromatic carbocycles. The standard InChI is InChI=1S/C23H20N4O2/c28-20(9-6-15-4-2-1-3-5-15)26-18-8-7-16-11-23(12-17(16)10-18)19-13-24-14-25-21(19)27-22(23)29/h1-5,7-8,10,13-14H,6,9,11-12H2,(H,26,28)(H,24,25,27,29). The number of aryl methyl sites for hydroxylation is 1. The van der Waals surface area contributed by atoms with E-state index in [9.17, 15) is 9.59 Å². The highest BCUT2D eigenvalue weighted by atomic mass is 16.2. The highest BCUT2D eigenvalue weighted by Crippen LogP contribution is 2.46. The highest BCUT2D eigenvalue weighted by Gasteiger charge is 2.51. The first kappa shape index (κ1) is 17.6. The van der Waals surface area contributed by atoms with Gasteiger partial charge in [-0.05, 0) is 48.1 Å². The third-order valence-electron chi connectivity index (χ3n) is 5.85. The second-order valence-electron chi connectivity index (χ2n) is 7.69. The Morgan fingerprint density at radius 2 is 1.93 bits per heavy atom. The van der Waals surface area contributed by atoms with Crippen LogP contribution in [0.25, 0.3) is 0 Å². The van der Waals surface area contributed by atoms with Crippen molar-refractivity contribution in [1.82, 2.24) is 9.97 Å². The van der Waals surface area contributed by atoms with Gasteiger partial charge in [-0.15, -0.1) is 0 Å².